The lowest BCUT2D eigenvalue weighted by Crippen LogP contribution is -1.90. The largest absolute Gasteiger partial charge is 0.253 e. The number of nitrogens with one attached hydrogen (secondary N) is 2. The number of hydrazone groups is 2. The minimum atomic E-state index is 0.696. The number of rotatable bonds is 8. The van der Waals surface area contributed by atoms with Crippen molar-refractivity contribution in [2.75, 3.05) is 10.9 Å². The van der Waals surface area contributed by atoms with E-state index < -0.39 is 0 Å². The quantitative estimate of drug-likeness (QED) is 0.151. The second-order valence-corrected chi connectivity index (χ2v) is 10.1. The van der Waals surface area contributed by atoms with E-state index in [1.54, 1.807) is 12.4 Å². The zero-order valence-electron chi connectivity index (χ0n) is 18.6. The van der Waals surface area contributed by atoms with Crippen molar-refractivity contribution in [3.8, 4) is 22.5 Å². The van der Waals surface area contributed by atoms with Crippen LogP contribution in [0.2, 0.25) is 10.0 Å². The molecule has 0 aliphatic heterocycles. The molecule has 10 heteroatoms. The molecule has 0 spiro atoms. The second-order valence-electron chi connectivity index (χ2n) is 7.50. The molecule has 6 nitrogen and oxygen atoms in total. The Labute approximate surface area is 226 Å². The Morgan fingerprint density at radius 3 is 1.36 bits per heavy atom. The van der Waals surface area contributed by atoms with E-state index in [4.69, 9.17) is 23.2 Å². The van der Waals surface area contributed by atoms with Gasteiger partial charge in [0, 0.05) is 31.9 Å². The lowest BCUT2D eigenvalue weighted by Gasteiger charge is -2.00. The van der Waals surface area contributed by atoms with Gasteiger partial charge in [0.1, 0.15) is 0 Å². The molecule has 2 heterocycles. The van der Waals surface area contributed by atoms with Crippen LogP contribution in [0.3, 0.4) is 0 Å². The first-order valence-electron chi connectivity index (χ1n) is 10.7. The number of anilines is 2. The van der Waals surface area contributed by atoms with Crippen molar-refractivity contribution >= 4 is 68.6 Å². The standard InChI is InChI=1S/C26H18Cl2N6S2/c27-21-9-1-17(2-10-21)13-29-33-25-31-23(15-35-25)19-5-7-20(8-6-19)24-16-36-26(32-24)34-30-14-18-3-11-22(28)12-4-18/h1-16H,(H,31,33)(H,32,34)/b29-13+,30-14+. The van der Waals surface area contributed by atoms with Crippen LogP contribution in [0.15, 0.2) is 93.8 Å². The maximum absolute atomic E-state index is 5.91. The summed E-state index contributed by atoms with van der Waals surface area (Å²) in [6.45, 7) is 0. The summed E-state index contributed by atoms with van der Waals surface area (Å²) >= 11 is 14.8. The van der Waals surface area contributed by atoms with E-state index in [1.165, 1.54) is 22.7 Å². The van der Waals surface area contributed by atoms with E-state index in [1.807, 2.05) is 83.6 Å². The number of aromatic nitrogens is 2. The minimum absolute atomic E-state index is 0.696. The topological polar surface area (TPSA) is 74.6 Å². The van der Waals surface area contributed by atoms with Crippen LogP contribution in [-0.2, 0) is 0 Å². The number of hydrogen-bond donors (Lipinski definition) is 2. The van der Waals surface area contributed by atoms with Crippen LogP contribution in [0.25, 0.3) is 22.5 Å². The predicted octanol–water partition coefficient (Wildman–Crippen LogP) is 8.13. The Bertz CT molecular complexity index is 1380. The molecule has 2 N–H and O–H groups in total. The van der Waals surface area contributed by atoms with Gasteiger partial charge >= 0.3 is 0 Å². The number of benzene rings is 3. The van der Waals surface area contributed by atoms with Crippen LogP contribution in [0.4, 0.5) is 10.3 Å². The first kappa shape index (κ1) is 24.1. The normalized spacial score (nSPS) is 11.4. The van der Waals surface area contributed by atoms with Gasteiger partial charge in [-0.1, -0.05) is 71.7 Å². The molecule has 0 aliphatic rings. The number of halogens is 2. The van der Waals surface area contributed by atoms with Gasteiger partial charge < -0.3 is 0 Å². The van der Waals surface area contributed by atoms with Crippen molar-refractivity contribution < 1.29 is 0 Å². The zero-order chi connectivity index (χ0) is 24.7. The van der Waals surface area contributed by atoms with Crippen molar-refractivity contribution in [2.45, 2.75) is 0 Å². The van der Waals surface area contributed by atoms with Crippen molar-refractivity contribution in [3.63, 3.8) is 0 Å². The molecular formula is C26H18Cl2N6S2. The fraction of sp³-hybridized carbons (Fsp3) is 0. The third-order valence-electron chi connectivity index (χ3n) is 4.97. The Balaban J connectivity index is 1.18. The molecule has 0 bridgehead atoms. The molecule has 3 aromatic carbocycles. The number of nitrogens with zero attached hydrogens (tertiary/aromatic N) is 4. The maximum Gasteiger partial charge on any atom is 0.203 e. The fourth-order valence-corrected chi connectivity index (χ4v) is 4.74. The van der Waals surface area contributed by atoms with E-state index in [2.05, 4.69) is 31.0 Å². The SMILES string of the molecule is Clc1ccc(/C=N/Nc2nc(-c3ccc(-c4csc(N/N=C/c5ccc(Cl)cc5)n4)cc3)cs2)cc1. The molecule has 0 fully saturated rings. The first-order valence-corrected chi connectivity index (χ1v) is 13.2. The van der Waals surface area contributed by atoms with Gasteiger partial charge in [-0.15, -0.1) is 22.7 Å². The van der Waals surface area contributed by atoms with E-state index in [9.17, 15) is 0 Å². The lowest BCUT2D eigenvalue weighted by molar-refractivity contribution is 1.28. The van der Waals surface area contributed by atoms with Gasteiger partial charge in [0.25, 0.3) is 0 Å². The molecule has 5 rings (SSSR count). The molecule has 5 aromatic rings. The molecule has 0 aliphatic carbocycles. The highest BCUT2D eigenvalue weighted by atomic mass is 35.5. The molecule has 0 radical (unpaired) electrons. The van der Waals surface area contributed by atoms with Gasteiger partial charge in [-0.05, 0) is 35.4 Å². The van der Waals surface area contributed by atoms with Crippen LogP contribution in [-0.4, -0.2) is 22.4 Å². The Morgan fingerprint density at radius 1 is 0.583 bits per heavy atom. The van der Waals surface area contributed by atoms with Crippen molar-refractivity contribution in [2.24, 2.45) is 10.2 Å². The van der Waals surface area contributed by atoms with Crippen molar-refractivity contribution in [1.29, 1.82) is 0 Å². The molecule has 0 amide bonds. The second kappa shape index (κ2) is 11.5. The highest BCUT2D eigenvalue weighted by molar-refractivity contribution is 7.14. The highest BCUT2D eigenvalue weighted by Gasteiger charge is 2.07. The molecule has 2 aromatic heterocycles. The van der Waals surface area contributed by atoms with Gasteiger partial charge in [0.2, 0.25) is 10.3 Å². The molecule has 0 unspecified atom stereocenters. The van der Waals surface area contributed by atoms with Gasteiger partial charge in [-0.3, -0.25) is 10.9 Å². The smallest absolute Gasteiger partial charge is 0.203 e. The predicted molar refractivity (Wildman–Crippen MR) is 154 cm³/mol. The molecule has 36 heavy (non-hydrogen) atoms. The molecule has 0 saturated heterocycles. The third-order valence-corrected chi connectivity index (χ3v) is 6.97. The van der Waals surface area contributed by atoms with Crippen LogP contribution in [0.1, 0.15) is 11.1 Å². The molecular weight excluding hydrogens is 531 g/mol. The minimum Gasteiger partial charge on any atom is -0.253 e. The van der Waals surface area contributed by atoms with Crippen molar-refractivity contribution in [3.05, 3.63) is 105 Å². The molecule has 178 valence electrons. The molecule has 0 atom stereocenters. The lowest BCUT2D eigenvalue weighted by atomic mass is 10.1. The van der Waals surface area contributed by atoms with Gasteiger partial charge in [-0.2, -0.15) is 10.2 Å². The summed E-state index contributed by atoms with van der Waals surface area (Å²) in [4.78, 5) is 9.24. The summed E-state index contributed by atoms with van der Waals surface area (Å²) < 4.78 is 0. The van der Waals surface area contributed by atoms with E-state index in [-0.39, 0.29) is 0 Å². The van der Waals surface area contributed by atoms with Gasteiger partial charge in [-0.25, -0.2) is 9.97 Å². The zero-order valence-corrected chi connectivity index (χ0v) is 21.7. The number of thiazole rings is 2. The van der Waals surface area contributed by atoms with Gasteiger partial charge in [0.05, 0.1) is 23.8 Å². The Morgan fingerprint density at radius 2 is 0.972 bits per heavy atom. The van der Waals surface area contributed by atoms with Crippen molar-refractivity contribution in [1.82, 2.24) is 9.97 Å². The van der Waals surface area contributed by atoms with Crippen LogP contribution in [0.5, 0.6) is 0 Å². The first-order chi connectivity index (χ1) is 17.6. The van der Waals surface area contributed by atoms with E-state index >= 15 is 0 Å². The summed E-state index contributed by atoms with van der Waals surface area (Å²) in [6.07, 6.45) is 3.46. The van der Waals surface area contributed by atoms with Crippen LogP contribution >= 0.6 is 45.9 Å². The summed E-state index contributed by atoms with van der Waals surface area (Å²) in [5.41, 5.74) is 11.7. The van der Waals surface area contributed by atoms with E-state index in [0.717, 1.165) is 33.6 Å². The van der Waals surface area contributed by atoms with E-state index in [0.29, 0.717) is 20.3 Å². The summed E-state index contributed by atoms with van der Waals surface area (Å²) in [7, 11) is 0. The molecule has 0 saturated carbocycles. The maximum atomic E-state index is 5.91. The van der Waals surface area contributed by atoms with Gasteiger partial charge in [0.15, 0.2) is 0 Å². The fourth-order valence-electron chi connectivity index (χ4n) is 3.15. The average molecular weight is 550 g/mol. The highest BCUT2D eigenvalue weighted by Crippen LogP contribution is 2.29. The summed E-state index contributed by atoms with van der Waals surface area (Å²) in [5.74, 6) is 0. The van der Waals surface area contributed by atoms with Crippen LogP contribution in [0, 0.1) is 0 Å². The average Bonchev–Trinajstić information content (AvgIpc) is 3.57. The number of hydrogen-bond acceptors (Lipinski definition) is 8. The third kappa shape index (κ3) is 6.35. The summed E-state index contributed by atoms with van der Waals surface area (Å²) in [5, 5.41) is 15.3. The monoisotopic (exact) mass is 548 g/mol. The Hall–Kier alpha value is -3.56. The summed E-state index contributed by atoms with van der Waals surface area (Å²) in [6, 6.07) is 23.1. The Kier molecular flexibility index (Phi) is 7.68. The van der Waals surface area contributed by atoms with Crippen LogP contribution < -0.4 is 10.9 Å².